The number of imide groups is 1. The van der Waals surface area contributed by atoms with Gasteiger partial charge in [0.15, 0.2) is 0 Å². The Bertz CT molecular complexity index is 767. The fraction of sp³-hybridized carbons (Fsp3) is 0.222. The predicted octanol–water partition coefficient (Wildman–Crippen LogP) is 3.74. The van der Waals surface area contributed by atoms with E-state index in [1.54, 1.807) is 12.4 Å². The van der Waals surface area contributed by atoms with Crippen molar-refractivity contribution in [2.75, 3.05) is 0 Å². The molecule has 3 rings (SSSR count). The standard InChI is InChI=1S/C18H17N3O2S2/c1-18(2,3)21-16(22)14(24-12-8-4-6-10-19-12)15(17(21)23)25-13-9-5-7-11-20-13/h4-11H,1-3H3. The van der Waals surface area contributed by atoms with Crippen molar-refractivity contribution < 1.29 is 9.59 Å². The summed E-state index contributed by atoms with van der Waals surface area (Å²) in [5.74, 6) is -0.571. The van der Waals surface area contributed by atoms with Gasteiger partial charge in [-0.2, -0.15) is 0 Å². The van der Waals surface area contributed by atoms with Crippen LogP contribution in [-0.2, 0) is 9.59 Å². The number of pyridine rings is 2. The lowest BCUT2D eigenvalue weighted by Crippen LogP contribution is -2.46. The van der Waals surface area contributed by atoms with Gasteiger partial charge in [0.05, 0.1) is 9.81 Å². The maximum absolute atomic E-state index is 12.9. The molecule has 2 aromatic rings. The Hall–Kier alpha value is -2.12. The average molecular weight is 371 g/mol. The molecule has 0 spiro atoms. The molecule has 128 valence electrons. The third-order valence-electron chi connectivity index (χ3n) is 3.36. The molecule has 5 nitrogen and oxygen atoms in total. The third kappa shape index (κ3) is 3.77. The van der Waals surface area contributed by atoms with Crippen LogP contribution in [0.3, 0.4) is 0 Å². The van der Waals surface area contributed by atoms with Gasteiger partial charge in [-0.1, -0.05) is 35.7 Å². The molecule has 0 saturated heterocycles. The molecule has 0 radical (unpaired) electrons. The molecule has 0 atom stereocenters. The molecule has 0 N–H and O–H groups in total. The number of hydrogen-bond donors (Lipinski definition) is 0. The number of amides is 2. The first-order valence-electron chi connectivity index (χ1n) is 7.69. The van der Waals surface area contributed by atoms with Crippen molar-refractivity contribution >= 4 is 35.3 Å². The predicted molar refractivity (Wildman–Crippen MR) is 98.8 cm³/mol. The first-order chi connectivity index (χ1) is 11.9. The Morgan fingerprint density at radius 2 is 1.24 bits per heavy atom. The van der Waals surface area contributed by atoms with Gasteiger partial charge >= 0.3 is 0 Å². The minimum absolute atomic E-state index is 0.286. The Kier molecular flexibility index (Phi) is 4.96. The molecule has 7 heteroatoms. The van der Waals surface area contributed by atoms with Crippen molar-refractivity contribution in [3.63, 3.8) is 0 Å². The van der Waals surface area contributed by atoms with Crippen molar-refractivity contribution in [1.29, 1.82) is 0 Å². The van der Waals surface area contributed by atoms with Crippen LogP contribution in [0.15, 0.2) is 68.7 Å². The second-order valence-corrected chi connectivity index (χ2v) is 8.38. The molecule has 2 aromatic heterocycles. The third-order valence-corrected chi connectivity index (χ3v) is 5.56. The zero-order valence-corrected chi connectivity index (χ0v) is 15.7. The van der Waals surface area contributed by atoms with E-state index in [0.29, 0.717) is 19.9 Å². The first kappa shape index (κ1) is 17.7. The summed E-state index contributed by atoms with van der Waals surface area (Å²) in [6.07, 6.45) is 3.33. The average Bonchev–Trinajstić information content (AvgIpc) is 2.80. The van der Waals surface area contributed by atoms with Gasteiger partial charge in [-0.25, -0.2) is 9.97 Å². The van der Waals surface area contributed by atoms with E-state index in [0.717, 1.165) is 0 Å². The van der Waals surface area contributed by atoms with Crippen molar-refractivity contribution in [3.8, 4) is 0 Å². The smallest absolute Gasteiger partial charge is 0.268 e. The Balaban J connectivity index is 2.01. The molecule has 25 heavy (non-hydrogen) atoms. The number of nitrogens with zero attached hydrogens (tertiary/aromatic N) is 3. The van der Waals surface area contributed by atoms with E-state index >= 15 is 0 Å². The molecule has 0 fully saturated rings. The highest BCUT2D eigenvalue weighted by Gasteiger charge is 2.44. The van der Waals surface area contributed by atoms with Gasteiger partial charge in [0.25, 0.3) is 11.8 Å². The number of rotatable bonds is 4. The van der Waals surface area contributed by atoms with Crippen molar-refractivity contribution in [2.24, 2.45) is 0 Å². The van der Waals surface area contributed by atoms with Crippen LogP contribution in [0.4, 0.5) is 0 Å². The quantitative estimate of drug-likeness (QED) is 0.763. The lowest BCUT2D eigenvalue weighted by Gasteiger charge is -2.30. The summed E-state index contributed by atoms with van der Waals surface area (Å²) >= 11 is 2.44. The fourth-order valence-electron chi connectivity index (χ4n) is 2.30. The molecule has 1 aliphatic heterocycles. The van der Waals surface area contributed by atoms with E-state index in [9.17, 15) is 9.59 Å². The zero-order valence-electron chi connectivity index (χ0n) is 14.1. The van der Waals surface area contributed by atoms with Crippen LogP contribution in [-0.4, -0.2) is 32.2 Å². The molecule has 1 aliphatic rings. The molecule has 0 aliphatic carbocycles. The maximum atomic E-state index is 12.9. The second kappa shape index (κ2) is 7.01. The van der Waals surface area contributed by atoms with E-state index in [4.69, 9.17) is 0 Å². The van der Waals surface area contributed by atoms with Crippen LogP contribution in [0.2, 0.25) is 0 Å². The van der Waals surface area contributed by atoms with Crippen LogP contribution in [0.5, 0.6) is 0 Å². The van der Waals surface area contributed by atoms with Crippen molar-refractivity contribution in [1.82, 2.24) is 14.9 Å². The van der Waals surface area contributed by atoms with Gasteiger partial charge in [-0.05, 0) is 45.0 Å². The van der Waals surface area contributed by atoms with Crippen LogP contribution in [0.25, 0.3) is 0 Å². The highest BCUT2D eigenvalue weighted by Crippen LogP contribution is 2.43. The summed E-state index contributed by atoms with van der Waals surface area (Å²) < 4.78 is 0. The number of thioether (sulfide) groups is 2. The first-order valence-corrected chi connectivity index (χ1v) is 9.32. The minimum atomic E-state index is -0.601. The van der Waals surface area contributed by atoms with Crippen molar-refractivity contribution in [3.05, 3.63) is 58.6 Å². The molecule has 0 bridgehead atoms. The van der Waals surface area contributed by atoms with E-state index in [2.05, 4.69) is 9.97 Å². The van der Waals surface area contributed by atoms with Gasteiger partial charge in [-0.15, -0.1) is 0 Å². The van der Waals surface area contributed by atoms with Crippen LogP contribution in [0, 0.1) is 0 Å². The van der Waals surface area contributed by atoms with Crippen LogP contribution < -0.4 is 0 Å². The lowest BCUT2D eigenvalue weighted by molar-refractivity contribution is -0.142. The van der Waals surface area contributed by atoms with E-state index in [1.165, 1.54) is 28.4 Å². The topological polar surface area (TPSA) is 63.2 Å². The van der Waals surface area contributed by atoms with Gasteiger partial charge in [0, 0.05) is 17.9 Å². The molecular formula is C18H17N3O2S2. The summed E-state index contributed by atoms with van der Waals surface area (Å²) in [6.45, 7) is 5.54. The van der Waals surface area contributed by atoms with Crippen molar-refractivity contribution in [2.45, 2.75) is 36.4 Å². The molecular weight excluding hydrogens is 354 g/mol. The SMILES string of the molecule is CC(C)(C)N1C(=O)C(Sc2ccccn2)=C(Sc2ccccn2)C1=O. The number of aromatic nitrogens is 2. The maximum Gasteiger partial charge on any atom is 0.269 e. The highest BCUT2D eigenvalue weighted by molar-refractivity contribution is 8.08. The number of carbonyl (C=O) groups is 2. The second-order valence-electron chi connectivity index (χ2n) is 6.31. The number of hydrogen-bond acceptors (Lipinski definition) is 6. The molecule has 3 heterocycles. The minimum Gasteiger partial charge on any atom is -0.268 e. The van der Waals surface area contributed by atoms with Gasteiger partial charge in [0.2, 0.25) is 0 Å². The van der Waals surface area contributed by atoms with Gasteiger partial charge in [-0.3, -0.25) is 14.5 Å². The summed E-state index contributed by atoms with van der Waals surface area (Å²) in [7, 11) is 0. The van der Waals surface area contributed by atoms with Crippen LogP contribution in [0.1, 0.15) is 20.8 Å². The zero-order chi connectivity index (χ0) is 18.0. The highest BCUT2D eigenvalue weighted by atomic mass is 32.2. The lowest BCUT2D eigenvalue weighted by atomic mass is 10.1. The normalized spacial score (nSPS) is 15.2. The summed E-state index contributed by atoms with van der Waals surface area (Å²) in [6, 6.07) is 11.0. The van der Waals surface area contributed by atoms with E-state index < -0.39 is 5.54 Å². The summed E-state index contributed by atoms with van der Waals surface area (Å²) in [5.41, 5.74) is -0.601. The summed E-state index contributed by atoms with van der Waals surface area (Å²) in [5, 5.41) is 1.35. The molecule has 0 saturated carbocycles. The van der Waals surface area contributed by atoms with E-state index in [-0.39, 0.29) is 11.8 Å². The van der Waals surface area contributed by atoms with Crippen LogP contribution >= 0.6 is 23.5 Å². The fourth-order valence-corrected chi connectivity index (χ4v) is 4.21. The monoisotopic (exact) mass is 371 g/mol. The Labute approximate surface area is 154 Å². The summed E-state index contributed by atoms with van der Waals surface area (Å²) in [4.78, 5) is 36.5. The molecule has 2 amide bonds. The Morgan fingerprint density at radius 3 is 1.56 bits per heavy atom. The molecule has 0 unspecified atom stereocenters. The number of carbonyl (C=O) groups excluding carboxylic acids is 2. The van der Waals surface area contributed by atoms with Gasteiger partial charge < -0.3 is 0 Å². The molecule has 0 aromatic carbocycles. The Morgan fingerprint density at radius 1 is 0.800 bits per heavy atom. The van der Waals surface area contributed by atoms with E-state index in [1.807, 2.05) is 57.2 Å². The van der Waals surface area contributed by atoms with Gasteiger partial charge in [0.1, 0.15) is 10.1 Å². The largest absolute Gasteiger partial charge is 0.269 e.